The number of hydrogen-bond donors (Lipinski definition) is 2. The topological polar surface area (TPSA) is 80.3 Å². The van der Waals surface area contributed by atoms with E-state index in [9.17, 15) is 18.4 Å². The summed E-state index contributed by atoms with van der Waals surface area (Å²) in [7, 11) is 0. The molecular formula is C21H19F2N3O3S2. The van der Waals surface area contributed by atoms with Crippen LogP contribution in [0.2, 0.25) is 0 Å². The second-order valence-electron chi connectivity index (χ2n) is 6.37. The summed E-state index contributed by atoms with van der Waals surface area (Å²) in [6.07, 6.45) is 0. The lowest BCUT2D eigenvalue weighted by atomic mass is 10.1. The van der Waals surface area contributed by atoms with E-state index in [1.165, 1.54) is 29.2 Å². The summed E-state index contributed by atoms with van der Waals surface area (Å²) in [6, 6.07) is 13.7. The summed E-state index contributed by atoms with van der Waals surface area (Å²) in [5.41, 5.74) is 2.62. The third kappa shape index (κ3) is 7.04. The highest BCUT2D eigenvalue weighted by Gasteiger charge is 2.14. The van der Waals surface area contributed by atoms with Crippen LogP contribution in [0, 0.1) is 6.92 Å². The summed E-state index contributed by atoms with van der Waals surface area (Å²) in [4.78, 5) is 28.4. The monoisotopic (exact) mass is 463 g/mol. The maximum Gasteiger partial charge on any atom is 0.387 e. The van der Waals surface area contributed by atoms with Crippen molar-refractivity contribution in [2.45, 2.75) is 13.5 Å². The molecule has 0 fully saturated rings. The van der Waals surface area contributed by atoms with Gasteiger partial charge in [-0.2, -0.15) is 8.78 Å². The lowest BCUT2D eigenvalue weighted by Gasteiger charge is -2.08. The number of halogens is 2. The van der Waals surface area contributed by atoms with Gasteiger partial charge in [0.1, 0.15) is 5.75 Å². The van der Waals surface area contributed by atoms with Gasteiger partial charge in [0.15, 0.2) is 5.13 Å². The van der Waals surface area contributed by atoms with E-state index in [4.69, 9.17) is 0 Å². The molecule has 0 aliphatic carbocycles. The molecule has 2 N–H and O–H groups in total. The molecule has 0 radical (unpaired) electrons. The molecule has 0 spiro atoms. The number of nitrogens with zero attached hydrogens (tertiary/aromatic N) is 1. The van der Waals surface area contributed by atoms with E-state index in [2.05, 4.69) is 20.4 Å². The number of ether oxygens (including phenoxy) is 1. The lowest BCUT2D eigenvalue weighted by Crippen LogP contribution is -2.18. The summed E-state index contributed by atoms with van der Waals surface area (Å²) >= 11 is 2.34. The molecule has 6 nitrogen and oxygen atoms in total. The third-order valence-electron chi connectivity index (χ3n) is 3.93. The average Bonchev–Trinajstić information content (AvgIpc) is 3.18. The molecule has 2 aromatic carbocycles. The molecule has 0 atom stereocenters. The molecule has 2 amide bonds. The van der Waals surface area contributed by atoms with Crippen LogP contribution in [0.5, 0.6) is 5.75 Å². The Labute approximate surface area is 186 Å². The van der Waals surface area contributed by atoms with Crippen LogP contribution in [0.4, 0.5) is 19.6 Å². The van der Waals surface area contributed by atoms with Crippen molar-refractivity contribution < 1.29 is 23.1 Å². The predicted molar refractivity (Wildman–Crippen MR) is 120 cm³/mol. The zero-order chi connectivity index (χ0) is 22.2. The second-order valence-corrected chi connectivity index (χ2v) is 8.21. The number of anilines is 2. The Morgan fingerprint density at radius 3 is 2.45 bits per heavy atom. The molecule has 3 rings (SSSR count). The highest BCUT2D eigenvalue weighted by atomic mass is 32.2. The van der Waals surface area contributed by atoms with Crippen LogP contribution >= 0.6 is 23.1 Å². The Morgan fingerprint density at radius 1 is 1.06 bits per heavy atom. The second kappa shape index (κ2) is 10.9. The average molecular weight is 464 g/mol. The third-order valence-corrected chi connectivity index (χ3v) is 5.62. The van der Waals surface area contributed by atoms with Gasteiger partial charge in [-0.05, 0) is 31.2 Å². The Balaban J connectivity index is 1.48. The molecule has 1 aromatic heterocycles. The van der Waals surface area contributed by atoms with Gasteiger partial charge in [-0.1, -0.05) is 29.8 Å². The fraction of sp³-hybridized carbons (Fsp3) is 0.190. The number of para-hydroxylation sites is 1. The van der Waals surface area contributed by atoms with Gasteiger partial charge in [-0.25, -0.2) is 4.98 Å². The van der Waals surface area contributed by atoms with E-state index in [0.29, 0.717) is 22.1 Å². The predicted octanol–water partition coefficient (Wildman–Crippen LogP) is 5.03. The van der Waals surface area contributed by atoms with Gasteiger partial charge in [-0.15, -0.1) is 23.1 Å². The van der Waals surface area contributed by atoms with Crippen LogP contribution in [-0.4, -0.2) is 34.9 Å². The molecule has 0 aliphatic rings. The molecule has 162 valence electrons. The summed E-state index contributed by atoms with van der Waals surface area (Å²) in [5.74, 6) is -0.305. The fourth-order valence-corrected chi connectivity index (χ4v) is 3.90. The molecule has 0 saturated carbocycles. The van der Waals surface area contributed by atoms with E-state index in [0.717, 1.165) is 5.56 Å². The van der Waals surface area contributed by atoms with Gasteiger partial charge in [-0.3, -0.25) is 9.59 Å². The van der Waals surface area contributed by atoms with Crippen molar-refractivity contribution >= 4 is 45.7 Å². The van der Waals surface area contributed by atoms with E-state index in [1.54, 1.807) is 23.6 Å². The van der Waals surface area contributed by atoms with Crippen molar-refractivity contribution in [1.29, 1.82) is 0 Å². The van der Waals surface area contributed by atoms with Crippen molar-refractivity contribution in [3.63, 3.8) is 0 Å². The number of carbonyl (C=O) groups is 2. The largest absolute Gasteiger partial charge is 0.434 e. The molecule has 0 aliphatic heterocycles. The van der Waals surface area contributed by atoms with Crippen LogP contribution in [0.1, 0.15) is 5.56 Å². The highest BCUT2D eigenvalue weighted by Crippen LogP contribution is 2.33. The first-order chi connectivity index (χ1) is 14.9. The van der Waals surface area contributed by atoms with Crippen LogP contribution < -0.4 is 15.4 Å². The van der Waals surface area contributed by atoms with Crippen LogP contribution in [0.15, 0.2) is 53.9 Å². The molecule has 1 heterocycles. The normalized spacial score (nSPS) is 10.7. The maximum absolute atomic E-state index is 12.6. The van der Waals surface area contributed by atoms with Crippen molar-refractivity contribution in [3.05, 3.63) is 59.5 Å². The Morgan fingerprint density at radius 2 is 1.74 bits per heavy atom. The van der Waals surface area contributed by atoms with Gasteiger partial charge in [0.25, 0.3) is 0 Å². The van der Waals surface area contributed by atoms with Gasteiger partial charge in [0.2, 0.25) is 11.8 Å². The minimum absolute atomic E-state index is 0.0100. The minimum atomic E-state index is -2.95. The SMILES string of the molecule is Cc1ccc(NC(=O)CSCC(=O)Nc2nc(-c3ccccc3OC(F)F)cs2)cc1. The smallest absolute Gasteiger partial charge is 0.387 e. The number of benzene rings is 2. The van der Waals surface area contributed by atoms with Gasteiger partial charge >= 0.3 is 6.61 Å². The number of thioether (sulfide) groups is 1. The molecule has 31 heavy (non-hydrogen) atoms. The number of aromatic nitrogens is 1. The minimum Gasteiger partial charge on any atom is -0.434 e. The van der Waals surface area contributed by atoms with E-state index in [1.807, 2.05) is 31.2 Å². The highest BCUT2D eigenvalue weighted by molar-refractivity contribution is 8.00. The van der Waals surface area contributed by atoms with Gasteiger partial charge in [0.05, 0.1) is 17.2 Å². The standard InChI is InChI=1S/C21H19F2N3O3S2/c1-13-6-8-14(9-7-13)24-18(27)11-30-12-19(28)26-21-25-16(10-31-21)15-4-2-3-5-17(15)29-20(22)23/h2-10,20H,11-12H2,1H3,(H,24,27)(H,25,26,28). The van der Waals surface area contributed by atoms with Crippen LogP contribution in [0.25, 0.3) is 11.3 Å². The lowest BCUT2D eigenvalue weighted by molar-refractivity contribution is -0.114. The summed E-state index contributed by atoms with van der Waals surface area (Å²) < 4.78 is 29.7. The zero-order valence-electron chi connectivity index (χ0n) is 16.4. The molecule has 3 aromatic rings. The van der Waals surface area contributed by atoms with Gasteiger partial charge in [0, 0.05) is 16.6 Å². The maximum atomic E-state index is 12.6. The van der Waals surface area contributed by atoms with Crippen molar-refractivity contribution in [2.75, 3.05) is 22.1 Å². The quantitative estimate of drug-likeness (QED) is 0.465. The number of thiazole rings is 1. The molecule has 10 heteroatoms. The fourth-order valence-electron chi connectivity index (χ4n) is 2.56. The van der Waals surface area contributed by atoms with Gasteiger partial charge < -0.3 is 15.4 Å². The van der Waals surface area contributed by atoms with Crippen molar-refractivity contribution in [1.82, 2.24) is 4.98 Å². The molecule has 0 bridgehead atoms. The number of hydrogen-bond acceptors (Lipinski definition) is 6. The van der Waals surface area contributed by atoms with E-state index < -0.39 is 6.61 Å². The number of nitrogens with one attached hydrogen (secondary N) is 2. The number of amides is 2. The molecule has 0 unspecified atom stereocenters. The van der Waals surface area contributed by atoms with Crippen molar-refractivity contribution in [3.8, 4) is 17.0 Å². The molecular weight excluding hydrogens is 444 g/mol. The zero-order valence-corrected chi connectivity index (χ0v) is 18.1. The number of rotatable bonds is 9. The summed E-state index contributed by atoms with van der Waals surface area (Å²) in [5, 5.41) is 7.39. The van der Waals surface area contributed by atoms with Crippen LogP contribution in [0.3, 0.4) is 0 Å². The Kier molecular flexibility index (Phi) is 7.96. The number of carbonyl (C=O) groups excluding carboxylic acids is 2. The summed E-state index contributed by atoms with van der Waals surface area (Å²) in [6.45, 7) is -0.985. The van der Waals surface area contributed by atoms with E-state index >= 15 is 0 Å². The number of alkyl halides is 2. The first kappa shape index (κ1) is 22.7. The Hall–Kier alpha value is -2.98. The first-order valence-electron chi connectivity index (χ1n) is 9.14. The van der Waals surface area contributed by atoms with Crippen molar-refractivity contribution in [2.24, 2.45) is 0 Å². The number of aryl methyl sites for hydroxylation is 1. The molecule has 0 saturated heterocycles. The van der Waals surface area contributed by atoms with E-state index in [-0.39, 0.29) is 29.1 Å². The Bertz CT molecular complexity index is 1040. The van der Waals surface area contributed by atoms with Crippen LogP contribution in [-0.2, 0) is 9.59 Å². The first-order valence-corrected chi connectivity index (χ1v) is 11.2.